The molecule has 0 aliphatic carbocycles. The van der Waals surface area contributed by atoms with Crippen molar-refractivity contribution in [2.75, 3.05) is 26.2 Å². The largest absolute Gasteiger partial charge is 0.508 e. The van der Waals surface area contributed by atoms with Crippen molar-refractivity contribution in [3.63, 3.8) is 0 Å². The standard InChI is InChI=1S/C28H41NO2/c1-4-7-8-9-10-11-12-13-28(24-14-18-26(30)19-15-24)25-16-20-27(21-17-25)31-23-22-29(5-2)6-3/h13-21,30H,4-12,22-23H2,1-3H3/b28-13-. The van der Waals surface area contributed by atoms with E-state index in [0.717, 1.165) is 37.4 Å². The Bertz CT molecular complexity index is 746. The number of nitrogens with zero attached hydrogens (tertiary/aromatic N) is 1. The molecule has 170 valence electrons. The minimum absolute atomic E-state index is 0.302. The van der Waals surface area contributed by atoms with Crippen LogP contribution >= 0.6 is 0 Å². The van der Waals surface area contributed by atoms with Crippen molar-refractivity contribution in [2.24, 2.45) is 0 Å². The Hall–Kier alpha value is -2.26. The van der Waals surface area contributed by atoms with Gasteiger partial charge < -0.3 is 14.7 Å². The molecule has 0 saturated heterocycles. The van der Waals surface area contributed by atoms with E-state index in [2.05, 4.69) is 56.0 Å². The van der Waals surface area contributed by atoms with Gasteiger partial charge in [-0.1, -0.05) is 83.2 Å². The van der Waals surface area contributed by atoms with Crippen molar-refractivity contribution >= 4 is 5.57 Å². The van der Waals surface area contributed by atoms with Crippen molar-refractivity contribution in [1.29, 1.82) is 0 Å². The molecule has 0 spiro atoms. The van der Waals surface area contributed by atoms with E-state index in [4.69, 9.17) is 4.74 Å². The van der Waals surface area contributed by atoms with Crippen LogP contribution in [-0.2, 0) is 0 Å². The first-order chi connectivity index (χ1) is 15.2. The predicted molar refractivity (Wildman–Crippen MR) is 133 cm³/mol. The van der Waals surface area contributed by atoms with E-state index in [1.165, 1.54) is 49.7 Å². The van der Waals surface area contributed by atoms with Gasteiger partial charge in [0.2, 0.25) is 0 Å². The van der Waals surface area contributed by atoms with E-state index in [-0.39, 0.29) is 0 Å². The third-order valence-electron chi connectivity index (χ3n) is 5.82. The molecule has 2 aromatic rings. The zero-order valence-corrected chi connectivity index (χ0v) is 19.8. The number of hydrogen-bond donors (Lipinski definition) is 1. The van der Waals surface area contributed by atoms with Gasteiger partial charge in [-0.05, 0) is 66.9 Å². The number of unbranched alkanes of at least 4 members (excludes halogenated alkanes) is 6. The van der Waals surface area contributed by atoms with Crippen molar-refractivity contribution < 1.29 is 9.84 Å². The average molecular weight is 424 g/mol. The van der Waals surface area contributed by atoms with Crippen molar-refractivity contribution in [1.82, 2.24) is 4.90 Å². The normalized spacial score (nSPS) is 11.8. The number of allylic oxidation sites excluding steroid dienone is 1. The van der Waals surface area contributed by atoms with Gasteiger partial charge in [0.25, 0.3) is 0 Å². The molecule has 0 saturated carbocycles. The summed E-state index contributed by atoms with van der Waals surface area (Å²) in [6.45, 7) is 10.4. The van der Waals surface area contributed by atoms with E-state index in [1.807, 2.05) is 12.1 Å². The van der Waals surface area contributed by atoms with E-state index in [1.54, 1.807) is 12.1 Å². The fraction of sp³-hybridized carbons (Fsp3) is 0.500. The second-order valence-electron chi connectivity index (χ2n) is 8.12. The van der Waals surface area contributed by atoms with Gasteiger partial charge >= 0.3 is 0 Å². The van der Waals surface area contributed by atoms with Crippen LogP contribution in [0.2, 0.25) is 0 Å². The Balaban J connectivity index is 2.01. The molecule has 0 amide bonds. The number of hydrogen-bond acceptors (Lipinski definition) is 3. The smallest absolute Gasteiger partial charge is 0.119 e. The first kappa shape index (κ1) is 25.0. The topological polar surface area (TPSA) is 32.7 Å². The first-order valence-electron chi connectivity index (χ1n) is 12.1. The summed E-state index contributed by atoms with van der Waals surface area (Å²) in [4.78, 5) is 2.36. The van der Waals surface area contributed by atoms with Crippen molar-refractivity contribution in [3.05, 3.63) is 65.7 Å². The van der Waals surface area contributed by atoms with Crippen LogP contribution in [0.15, 0.2) is 54.6 Å². The molecule has 0 aliphatic heterocycles. The summed E-state index contributed by atoms with van der Waals surface area (Å²) in [6, 6.07) is 15.9. The molecule has 0 fully saturated rings. The zero-order valence-electron chi connectivity index (χ0n) is 19.8. The molecule has 3 heteroatoms. The predicted octanol–water partition coefficient (Wildman–Crippen LogP) is 7.30. The monoisotopic (exact) mass is 423 g/mol. The summed E-state index contributed by atoms with van der Waals surface area (Å²) in [5.74, 6) is 1.22. The van der Waals surface area contributed by atoms with E-state index in [0.29, 0.717) is 12.4 Å². The fourth-order valence-electron chi connectivity index (χ4n) is 3.78. The molecule has 3 nitrogen and oxygen atoms in total. The Morgan fingerprint density at radius 3 is 2.00 bits per heavy atom. The maximum absolute atomic E-state index is 9.68. The number of phenolic OH excluding ortho intramolecular Hbond substituents is 1. The number of benzene rings is 2. The molecule has 0 unspecified atom stereocenters. The van der Waals surface area contributed by atoms with E-state index in [9.17, 15) is 5.11 Å². The van der Waals surface area contributed by atoms with Crippen LogP contribution in [-0.4, -0.2) is 36.2 Å². The number of ether oxygens (including phenoxy) is 1. The van der Waals surface area contributed by atoms with Crippen LogP contribution in [0.3, 0.4) is 0 Å². The van der Waals surface area contributed by atoms with Gasteiger partial charge in [-0.2, -0.15) is 0 Å². The van der Waals surface area contributed by atoms with Gasteiger partial charge in [0.05, 0.1) is 0 Å². The number of phenols is 1. The molecule has 1 N–H and O–H groups in total. The van der Waals surface area contributed by atoms with E-state index < -0.39 is 0 Å². The van der Waals surface area contributed by atoms with Crippen LogP contribution in [0.4, 0.5) is 0 Å². The quantitative estimate of drug-likeness (QED) is 0.305. The number of likely N-dealkylation sites (N-methyl/N-ethyl adjacent to an activating group) is 1. The highest BCUT2D eigenvalue weighted by Crippen LogP contribution is 2.28. The number of aromatic hydroxyl groups is 1. The minimum atomic E-state index is 0.302. The van der Waals surface area contributed by atoms with Gasteiger partial charge in [-0.25, -0.2) is 0 Å². The SMILES string of the molecule is CCCCCCCC/C=C(/c1ccc(O)cc1)c1ccc(OCCN(CC)CC)cc1. The van der Waals surface area contributed by atoms with Gasteiger partial charge in [-0.15, -0.1) is 0 Å². The van der Waals surface area contributed by atoms with Gasteiger partial charge in [-0.3, -0.25) is 0 Å². The summed E-state index contributed by atoms with van der Waals surface area (Å²) in [5.41, 5.74) is 3.55. The zero-order chi connectivity index (χ0) is 22.3. The maximum Gasteiger partial charge on any atom is 0.119 e. The van der Waals surface area contributed by atoms with Gasteiger partial charge in [0.1, 0.15) is 18.1 Å². The lowest BCUT2D eigenvalue weighted by Gasteiger charge is -2.18. The van der Waals surface area contributed by atoms with Crippen molar-refractivity contribution in [2.45, 2.75) is 65.7 Å². The van der Waals surface area contributed by atoms with Crippen LogP contribution in [0.5, 0.6) is 11.5 Å². The number of rotatable bonds is 15. The fourth-order valence-corrected chi connectivity index (χ4v) is 3.78. The average Bonchev–Trinajstić information content (AvgIpc) is 2.80. The highest BCUT2D eigenvalue weighted by Gasteiger charge is 2.07. The summed E-state index contributed by atoms with van der Waals surface area (Å²) >= 11 is 0. The first-order valence-corrected chi connectivity index (χ1v) is 12.1. The highest BCUT2D eigenvalue weighted by molar-refractivity contribution is 5.80. The Morgan fingerprint density at radius 1 is 0.806 bits per heavy atom. The molecule has 31 heavy (non-hydrogen) atoms. The Kier molecular flexibility index (Phi) is 11.9. The summed E-state index contributed by atoms with van der Waals surface area (Å²) < 4.78 is 5.95. The molecule has 0 aromatic heterocycles. The molecular weight excluding hydrogens is 382 g/mol. The molecular formula is C28H41NO2. The van der Waals surface area contributed by atoms with Gasteiger partial charge in [0.15, 0.2) is 0 Å². The molecule has 0 atom stereocenters. The second kappa shape index (κ2) is 14.7. The molecule has 2 rings (SSSR count). The molecule has 0 heterocycles. The Labute approximate surface area is 189 Å². The third kappa shape index (κ3) is 9.18. The lowest BCUT2D eigenvalue weighted by atomic mass is 9.96. The molecule has 2 aromatic carbocycles. The lowest BCUT2D eigenvalue weighted by molar-refractivity contribution is 0.223. The maximum atomic E-state index is 9.68. The van der Waals surface area contributed by atoms with Crippen LogP contribution in [0.1, 0.15) is 76.8 Å². The van der Waals surface area contributed by atoms with E-state index >= 15 is 0 Å². The molecule has 0 aliphatic rings. The molecule has 0 bridgehead atoms. The van der Waals surface area contributed by atoms with Crippen molar-refractivity contribution in [3.8, 4) is 11.5 Å². The molecule has 0 radical (unpaired) electrons. The minimum Gasteiger partial charge on any atom is -0.508 e. The summed E-state index contributed by atoms with van der Waals surface area (Å²) in [7, 11) is 0. The van der Waals surface area contributed by atoms with Crippen LogP contribution < -0.4 is 4.74 Å². The Morgan fingerprint density at radius 2 is 1.39 bits per heavy atom. The highest BCUT2D eigenvalue weighted by atomic mass is 16.5. The van der Waals surface area contributed by atoms with Crippen LogP contribution in [0, 0.1) is 0 Å². The van der Waals surface area contributed by atoms with Gasteiger partial charge in [0, 0.05) is 6.54 Å². The summed E-state index contributed by atoms with van der Waals surface area (Å²) in [5, 5.41) is 9.68. The van der Waals surface area contributed by atoms with Crippen LogP contribution in [0.25, 0.3) is 5.57 Å². The summed E-state index contributed by atoms with van der Waals surface area (Å²) in [6.07, 6.45) is 11.2. The lowest BCUT2D eigenvalue weighted by Crippen LogP contribution is -2.27. The second-order valence-corrected chi connectivity index (χ2v) is 8.12. The third-order valence-corrected chi connectivity index (χ3v) is 5.82.